The maximum atomic E-state index is 12.0. The minimum absolute atomic E-state index is 0.101. The van der Waals surface area contributed by atoms with Gasteiger partial charge < -0.3 is 15.0 Å². The molecule has 3 aromatic heterocycles. The predicted molar refractivity (Wildman–Crippen MR) is 103 cm³/mol. The number of nitrogen functional groups attached to an aromatic ring is 1. The highest BCUT2D eigenvalue weighted by atomic mass is 16.5. The van der Waals surface area contributed by atoms with Gasteiger partial charge in [0.2, 0.25) is 5.82 Å². The molecule has 0 saturated heterocycles. The number of aromatic nitrogens is 8. The van der Waals surface area contributed by atoms with E-state index in [0.29, 0.717) is 35.8 Å². The standard InChI is InChI=1S/C18H19N9O2/c1-12-3-5-13(6-4-12)17-23-25-27(24-17)9-14(28)29-8-2-7-26-11-22-15-16(19)20-10-21-18(15)26/h3-6,10-11H,2,7-9H2,1H3,(H2,19,20,21). The molecule has 0 fully saturated rings. The summed E-state index contributed by atoms with van der Waals surface area (Å²) in [7, 11) is 0. The number of nitrogens with zero attached hydrogens (tertiary/aromatic N) is 8. The van der Waals surface area contributed by atoms with Gasteiger partial charge in [0.05, 0.1) is 12.9 Å². The summed E-state index contributed by atoms with van der Waals surface area (Å²) in [5, 5.41) is 12.1. The second kappa shape index (κ2) is 8.00. The van der Waals surface area contributed by atoms with Crippen molar-refractivity contribution in [1.82, 2.24) is 39.7 Å². The molecule has 4 rings (SSSR count). The second-order valence-corrected chi connectivity index (χ2v) is 6.45. The average molecular weight is 393 g/mol. The van der Waals surface area contributed by atoms with Crippen LogP contribution in [-0.2, 0) is 22.6 Å². The van der Waals surface area contributed by atoms with Crippen molar-refractivity contribution in [1.29, 1.82) is 0 Å². The highest BCUT2D eigenvalue weighted by Crippen LogP contribution is 2.15. The number of imidazole rings is 1. The van der Waals surface area contributed by atoms with Crippen LogP contribution in [0, 0.1) is 6.92 Å². The van der Waals surface area contributed by atoms with Gasteiger partial charge in [-0.25, -0.2) is 19.7 Å². The van der Waals surface area contributed by atoms with Crippen molar-refractivity contribution in [2.45, 2.75) is 26.4 Å². The van der Waals surface area contributed by atoms with Crippen LogP contribution in [0.5, 0.6) is 0 Å². The lowest BCUT2D eigenvalue weighted by molar-refractivity contribution is -0.145. The lowest BCUT2D eigenvalue weighted by Gasteiger charge is -2.05. The van der Waals surface area contributed by atoms with Gasteiger partial charge in [-0.15, -0.1) is 10.2 Å². The summed E-state index contributed by atoms with van der Waals surface area (Å²) in [5.41, 5.74) is 8.96. The van der Waals surface area contributed by atoms with E-state index in [9.17, 15) is 4.79 Å². The smallest absolute Gasteiger partial charge is 0.329 e. The zero-order valence-electron chi connectivity index (χ0n) is 15.8. The first kappa shape index (κ1) is 18.5. The number of anilines is 1. The Morgan fingerprint density at radius 1 is 1.17 bits per heavy atom. The van der Waals surface area contributed by atoms with Crippen molar-refractivity contribution in [3.63, 3.8) is 0 Å². The van der Waals surface area contributed by atoms with Crippen molar-refractivity contribution in [3.8, 4) is 11.4 Å². The fourth-order valence-electron chi connectivity index (χ4n) is 2.77. The number of tetrazole rings is 1. The SMILES string of the molecule is Cc1ccc(-c2nnn(CC(=O)OCCCn3cnc4c(N)ncnc43)n2)cc1. The zero-order valence-corrected chi connectivity index (χ0v) is 15.8. The molecule has 0 aliphatic heterocycles. The van der Waals surface area contributed by atoms with Crippen LogP contribution in [0.25, 0.3) is 22.6 Å². The Morgan fingerprint density at radius 3 is 2.83 bits per heavy atom. The molecular formula is C18H19N9O2. The van der Waals surface area contributed by atoms with E-state index in [1.54, 1.807) is 6.33 Å². The van der Waals surface area contributed by atoms with Crippen molar-refractivity contribution >= 4 is 23.0 Å². The molecule has 0 amide bonds. The highest BCUT2D eigenvalue weighted by molar-refractivity contribution is 5.81. The van der Waals surface area contributed by atoms with Crippen LogP contribution in [0.1, 0.15) is 12.0 Å². The number of carbonyl (C=O) groups excluding carboxylic acids is 1. The Balaban J connectivity index is 1.26. The van der Waals surface area contributed by atoms with Gasteiger partial charge in [-0.05, 0) is 18.6 Å². The highest BCUT2D eigenvalue weighted by Gasteiger charge is 2.11. The van der Waals surface area contributed by atoms with Gasteiger partial charge in [-0.1, -0.05) is 29.8 Å². The number of hydrogen-bond acceptors (Lipinski definition) is 9. The fraction of sp³-hybridized carbons (Fsp3) is 0.278. The van der Waals surface area contributed by atoms with Gasteiger partial charge in [0.25, 0.3) is 0 Å². The van der Waals surface area contributed by atoms with E-state index in [4.69, 9.17) is 10.5 Å². The predicted octanol–water partition coefficient (Wildman–Crippen LogP) is 1.00. The topological polar surface area (TPSA) is 140 Å². The molecule has 0 unspecified atom stereocenters. The first-order valence-electron chi connectivity index (χ1n) is 9.02. The van der Waals surface area contributed by atoms with Gasteiger partial charge in [0.15, 0.2) is 18.0 Å². The molecule has 4 aromatic rings. The Hall–Kier alpha value is -3.89. The van der Waals surface area contributed by atoms with E-state index in [1.807, 2.05) is 35.8 Å². The molecule has 11 nitrogen and oxygen atoms in total. The molecule has 2 N–H and O–H groups in total. The normalized spacial score (nSPS) is 11.1. The summed E-state index contributed by atoms with van der Waals surface area (Å²) in [6, 6.07) is 7.75. The number of nitrogens with two attached hydrogens (primary N) is 1. The largest absolute Gasteiger partial charge is 0.464 e. The van der Waals surface area contributed by atoms with E-state index in [-0.39, 0.29) is 13.2 Å². The third-order valence-corrected chi connectivity index (χ3v) is 4.27. The van der Waals surface area contributed by atoms with Crippen molar-refractivity contribution in [3.05, 3.63) is 42.5 Å². The number of carbonyl (C=O) groups is 1. The Bertz CT molecular complexity index is 1130. The summed E-state index contributed by atoms with van der Waals surface area (Å²) in [4.78, 5) is 25.5. The van der Waals surface area contributed by atoms with Gasteiger partial charge in [-0.3, -0.25) is 0 Å². The summed E-state index contributed by atoms with van der Waals surface area (Å²) in [5.74, 6) is 0.372. The molecule has 0 radical (unpaired) electrons. The molecule has 3 heterocycles. The summed E-state index contributed by atoms with van der Waals surface area (Å²) >= 11 is 0. The summed E-state index contributed by atoms with van der Waals surface area (Å²) in [6.45, 7) is 2.73. The van der Waals surface area contributed by atoms with E-state index in [2.05, 4.69) is 30.4 Å². The number of benzene rings is 1. The molecule has 148 valence electrons. The minimum Gasteiger partial charge on any atom is -0.464 e. The number of ether oxygens (including phenoxy) is 1. The van der Waals surface area contributed by atoms with Crippen LogP contribution < -0.4 is 5.73 Å². The number of hydrogen-bond donors (Lipinski definition) is 1. The van der Waals surface area contributed by atoms with Crippen molar-refractivity contribution < 1.29 is 9.53 Å². The average Bonchev–Trinajstić information content (AvgIpc) is 3.34. The van der Waals surface area contributed by atoms with Gasteiger partial charge >= 0.3 is 5.97 Å². The second-order valence-electron chi connectivity index (χ2n) is 6.45. The zero-order chi connectivity index (χ0) is 20.2. The summed E-state index contributed by atoms with van der Waals surface area (Å²) in [6.07, 6.45) is 3.63. The fourth-order valence-corrected chi connectivity index (χ4v) is 2.77. The molecule has 0 atom stereocenters. The van der Waals surface area contributed by atoms with E-state index >= 15 is 0 Å². The van der Waals surface area contributed by atoms with Crippen LogP contribution in [0.3, 0.4) is 0 Å². The molecular weight excluding hydrogens is 374 g/mol. The van der Waals surface area contributed by atoms with Gasteiger partial charge in [0.1, 0.15) is 11.8 Å². The molecule has 0 saturated carbocycles. The third kappa shape index (κ3) is 4.18. The molecule has 0 aliphatic carbocycles. The monoisotopic (exact) mass is 393 g/mol. The quantitative estimate of drug-likeness (QED) is 0.360. The molecule has 11 heteroatoms. The Morgan fingerprint density at radius 2 is 2.00 bits per heavy atom. The van der Waals surface area contributed by atoms with Crippen molar-refractivity contribution in [2.75, 3.05) is 12.3 Å². The molecule has 0 aliphatic rings. The maximum Gasteiger partial charge on any atom is 0.329 e. The van der Waals surface area contributed by atoms with Gasteiger partial charge in [0, 0.05) is 12.1 Å². The van der Waals surface area contributed by atoms with E-state index in [0.717, 1.165) is 11.1 Å². The van der Waals surface area contributed by atoms with Crippen LogP contribution in [0.15, 0.2) is 36.9 Å². The minimum atomic E-state index is -0.431. The summed E-state index contributed by atoms with van der Waals surface area (Å²) < 4.78 is 7.09. The van der Waals surface area contributed by atoms with Crippen LogP contribution in [-0.4, -0.2) is 52.3 Å². The molecule has 1 aromatic carbocycles. The Labute approximate surface area is 165 Å². The molecule has 0 spiro atoms. The van der Waals surface area contributed by atoms with Crippen molar-refractivity contribution in [2.24, 2.45) is 0 Å². The van der Waals surface area contributed by atoms with E-state index in [1.165, 1.54) is 11.1 Å². The van der Waals surface area contributed by atoms with Crippen LogP contribution in [0.4, 0.5) is 5.82 Å². The molecule has 29 heavy (non-hydrogen) atoms. The van der Waals surface area contributed by atoms with Crippen LogP contribution >= 0.6 is 0 Å². The van der Waals surface area contributed by atoms with Crippen LogP contribution in [0.2, 0.25) is 0 Å². The number of aryl methyl sites for hydroxylation is 2. The number of esters is 1. The lowest BCUT2D eigenvalue weighted by Crippen LogP contribution is -2.17. The van der Waals surface area contributed by atoms with Gasteiger partial charge in [-0.2, -0.15) is 4.80 Å². The van der Waals surface area contributed by atoms with E-state index < -0.39 is 5.97 Å². The Kier molecular flexibility index (Phi) is 5.10. The number of rotatable bonds is 7. The first-order chi connectivity index (χ1) is 14.1. The first-order valence-corrected chi connectivity index (χ1v) is 9.02. The molecule has 0 bridgehead atoms. The third-order valence-electron chi connectivity index (χ3n) is 4.27. The number of fused-ring (bicyclic) bond motifs is 1. The lowest BCUT2D eigenvalue weighted by atomic mass is 10.1. The maximum absolute atomic E-state index is 12.0.